The Bertz CT molecular complexity index is 873. The van der Waals surface area contributed by atoms with Gasteiger partial charge in [-0.15, -0.1) is 0 Å². The lowest BCUT2D eigenvalue weighted by Crippen LogP contribution is -2.33. The average Bonchev–Trinajstić information content (AvgIpc) is 2.64. The highest BCUT2D eigenvalue weighted by atomic mass is 35.5. The molecule has 0 aliphatic heterocycles. The number of aryl methyl sites for hydroxylation is 3. The molecule has 6 nitrogen and oxygen atoms in total. The molecule has 0 fully saturated rings. The summed E-state index contributed by atoms with van der Waals surface area (Å²) in [7, 11) is 1.47. The van der Waals surface area contributed by atoms with Crippen molar-refractivity contribution < 1.29 is 19.1 Å². The zero-order chi connectivity index (χ0) is 20.8. The highest BCUT2D eigenvalue weighted by Crippen LogP contribution is 2.36. The van der Waals surface area contributed by atoms with Gasteiger partial charge in [0.05, 0.1) is 25.3 Å². The second kappa shape index (κ2) is 9.46. The third-order valence-corrected chi connectivity index (χ3v) is 4.41. The molecule has 2 aromatic rings. The van der Waals surface area contributed by atoms with Crippen molar-refractivity contribution in [3.8, 4) is 11.5 Å². The van der Waals surface area contributed by atoms with E-state index in [1.165, 1.54) is 19.2 Å². The number of methoxy groups -OCH3 is 1. The van der Waals surface area contributed by atoms with Gasteiger partial charge in [-0.1, -0.05) is 29.3 Å². The molecule has 2 amide bonds. The largest absolute Gasteiger partial charge is 0.493 e. The van der Waals surface area contributed by atoms with Crippen molar-refractivity contribution in [3.63, 3.8) is 0 Å². The first-order chi connectivity index (χ1) is 13.3. The van der Waals surface area contributed by atoms with E-state index in [1.807, 2.05) is 39.8 Å². The Morgan fingerprint density at radius 1 is 1.07 bits per heavy atom. The second-order valence-electron chi connectivity index (χ2n) is 6.43. The van der Waals surface area contributed by atoms with E-state index in [0.717, 1.165) is 22.4 Å². The molecule has 0 aliphatic rings. The average molecular weight is 405 g/mol. The minimum Gasteiger partial charge on any atom is -0.493 e. The number of carbonyl (C=O) groups excluding carboxylic acids is 2. The topological polar surface area (TPSA) is 76.7 Å². The number of nitrogens with one attached hydrogen (secondary N) is 2. The maximum absolute atomic E-state index is 12.4. The van der Waals surface area contributed by atoms with Crippen LogP contribution in [0, 0.1) is 20.8 Å². The maximum Gasteiger partial charge on any atom is 0.251 e. The molecule has 2 N–H and O–H groups in total. The first-order valence-corrected chi connectivity index (χ1v) is 9.30. The summed E-state index contributed by atoms with van der Waals surface area (Å²) in [4.78, 5) is 24.7. The molecule has 0 aromatic heterocycles. The van der Waals surface area contributed by atoms with Crippen LogP contribution in [0.3, 0.4) is 0 Å². The molecule has 0 radical (unpaired) electrons. The van der Waals surface area contributed by atoms with Crippen LogP contribution in [-0.2, 0) is 4.79 Å². The summed E-state index contributed by atoms with van der Waals surface area (Å²) in [6, 6.07) is 7.00. The summed E-state index contributed by atoms with van der Waals surface area (Å²) in [5.74, 6) is -0.00992. The molecule has 0 aliphatic carbocycles. The molecule has 0 heterocycles. The second-order valence-corrected chi connectivity index (χ2v) is 6.83. The number of benzene rings is 2. The molecule has 0 spiro atoms. The van der Waals surface area contributed by atoms with Gasteiger partial charge in [0.2, 0.25) is 5.91 Å². The van der Waals surface area contributed by atoms with E-state index in [1.54, 1.807) is 0 Å². The number of rotatable bonds is 7. The van der Waals surface area contributed by atoms with E-state index in [4.69, 9.17) is 21.1 Å². The zero-order valence-corrected chi connectivity index (χ0v) is 17.5. The van der Waals surface area contributed by atoms with Gasteiger partial charge in [-0.2, -0.15) is 0 Å². The molecule has 7 heteroatoms. The van der Waals surface area contributed by atoms with Crippen LogP contribution < -0.4 is 20.1 Å². The Labute approximate surface area is 170 Å². The third-order valence-electron chi connectivity index (χ3n) is 4.13. The van der Waals surface area contributed by atoms with E-state index in [0.29, 0.717) is 18.1 Å². The molecule has 0 unspecified atom stereocenters. The molecular weight excluding hydrogens is 380 g/mol. The molecule has 28 heavy (non-hydrogen) atoms. The van der Waals surface area contributed by atoms with Gasteiger partial charge in [0.15, 0.2) is 11.5 Å². The summed E-state index contributed by atoms with van der Waals surface area (Å²) in [6.07, 6.45) is 0. The van der Waals surface area contributed by atoms with Gasteiger partial charge >= 0.3 is 0 Å². The summed E-state index contributed by atoms with van der Waals surface area (Å²) < 4.78 is 10.7. The van der Waals surface area contributed by atoms with Crippen LogP contribution in [0.2, 0.25) is 5.02 Å². The minimum absolute atomic E-state index is 0.168. The summed E-state index contributed by atoms with van der Waals surface area (Å²) in [5, 5.41) is 5.71. The van der Waals surface area contributed by atoms with Gasteiger partial charge in [0, 0.05) is 11.3 Å². The fourth-order valence-electron chi connectivity index (χ4n) is 2.96. The Kier molecular flexibility index (Phi) is 7.29. The molecule has 0 saturated heterocycles. The van der Waals surface area contributed by atoms with Crippen LogP contribution in [0.4, 0.5) is 5.69 Å². The lowest BCUT2D eigenvalue weighted by atomic mass is 10.1. The predicted octanol–water partition coefficient (Wildman–Crippen LogP) is 4.04. The number of hydrogen-bond acceptors (Lipinski definition) is 4. The Hall–Kier alpha value is -2.73. The van der Waals surface area contributed by atoms with Crippen molar-refractivity contribution in [1.29, 1.82) is 0 Å². The van der Waals surface area contributed by atoms with Crippen molar-refractivity contribution in [3.05, 3.63) is 51.5 Å². The van der Waals surface area contributed by atoms with Crippen LogP contribution in [-0.4, -0.2) is 32.1 Å². The number of anilines is 1. The highest BCUT2D eigenvalue weighted by Gasteiger charge is 2.16. The molecule has 2 aromatic carbocycles. The van der Waals surface area contributed by atoms with E-state index >= 15 is 0 Å². The first kappa shape index (κ1) is 21.6. The fraction of sp³-hybridized carbons (Fsp3) is 0.333. The summed E-state index contributed by atoms with van der Waals surface area (Å²) in [5.41, 5.74) is 4.11. The van der Waals surface area contributed by atoms with Gasteiger partial charge in [0.1, 0.15) is 0 Å². The number of ether oxygens (including phenoxy) is 2. The van der Waals surface area contributed by atoms with Gasteiger partial charge in [-0.25, -0.2) is 0 Å². The van der Waals surface area contributed by atoms with Crippen LogP contribution in [0.25, 0.3) is 0 Å². The number of amides is 2. The van der Waals surface area contributed by atoms with E-state index in [2.05, 4.69) is 10.6 Å². The van der Waals surface area contributed by atoms with Crippen LogP contribution >= 0.6 is 11.6 Å². The van der Waals surface area contributed by atoms with Crippen LogP contribution in [0.15, 0.2) is 24.3 Å². The first-order valence-electron chi connectivity index (χ1n) is 8.93. The Balaban J connectivity index is 2.06. The summed E-state index contributed by atoms with van der Waals surface area (Å²) in [6.45, 7) is 7.94. The minimum atomic E-state index is -0.434. The molecule has 2 rings (SSSR count). The maximum atomic E-state index is 12.4. The monoisotopic (exact) mass is 404 g/mol. The molecule has 0 bridgehead atoms. The van der Waals surface area contributed by atoms with Gasteiger partial charge in [-0.05, 0) is 51.0 Å². The van der Waals surface area contributed by atoms with Gasteiger partial charge in [0.25, 0.3) is 5.91 Å². The van der Waals surface area contributed by atoms with Crippen LogP contribution in [0.5, 0.6) is 11.5 Å². The van der Waals surface area contributed by atoms with Gasteiger partial charge < -0.3 is 20.1 Å². The van der Waals surface area contributed by atoms with Crippen molar-refractivity contribution in [2.75, 3.05) is 25.6 Å². The predicted molar refractivity (Wildman–Crippen MR) is 111 cm³/mol. The van der Waals surface area contributed by atoms with Crippen molar-refractivity contribution in [1.82, 2.24) is 5.32 Å². The van der Waals surface area contributed by atoms with E-state index in [-0.39, 0.29) is 23.0 Å². The zero-order valence-electron chi connectivity index (χ0n) is 16.7. The molecule has 0 saturated carbocycles. The van der Waals surface area contributed by atoms with Crippen molar-refractivity contribution in [2.24, 2.45) is 0 Å². The van der Waals surface area contributed by atoms with E-state index in [9.17, 15) is 9.59 Å². The summed E-state index contributed by atoms with van der Waals surface area (Å²) >= 11 is 6.19. The number of carbonyl (C=O) groups is 2. The molecule has 0 atom stereocenters. The van der Waals surface area contributed by atoms with Crippen LogP contribution in [0.1, 0.15) is 34.0 Å². The highest BCUT2D eigenvalue weighted by molar-refractivity contribution is 6.32. The lowest BCUT2D eigenvalue weighted by Gasteiger charge is -2.14. The Morgan fingerprint density at radius 2 is 1.71 bits per heavy atom. The van der Waals surface area contributed by atoms with Crippen molar-refractivity contribution in [2.45, 2.75) is 27.7 Å². The molecule has 150 valence electrons. The quantitative estimate of drug-likeness (QED) is 0.730. The molecular formula is C21H25ClN2O4. The number of hydrogen-bond donors (Lipinski definition) is 2. The van der Waals surface area contributed by atoms with Crippen molar-refractivity contribution >= 4 is 29.1 Å². The van der Waals surface area contributed by atoms with Gasteiger partial charge in [-0.3, -0.25) is 9.59 Å². The smallest absolute Gasteiger partial charge is 0.251 e. The normalized spacial score (nSPS) is 10.4. The third kappa shape index (κ3) is 5.16. The fourth-order valence-corrected chi connectivity index (χ4v) is 3.22. The Morgan fingerprint density at radius 3 is 2.29 bits per heavy atom. The SMILES string of the molecule is CCOc1c(Cl)cc(C(=O)NCC(=O)Nc2c(C)cc(C)cc2C)cc1OC. The number of halogens is 1. The lowest BCUT2D eigenvalue weighted by molar-refractivity contribution is -0.115. The van der Waals surface area contributed by atoms with E-state index < -0.39 is 5.91 Å². The standard InChI is InChI=1S/C21H25ClN2O4/c1-6-28-20-16(22)9-15(10-17(20)27-5)21(26)23-11-18(25)24-19-13(3)7-12(2)8-14(19)4/h7-10H,6,11H2,1-5H3,(H,23,26)(H,24,25).